The number of para-hydroxylation sites is 2. The molecule has 38 heavy (non-hydrogen) atoms. The van der Waals surface area contributed by atoms with Gasteiger partial charge in [0.2, 0.25) is 0 Å². The van der Waals surface area contributed by atoms with Gasteiger partial charge in [-0.15, -0.1) is 5.34 Å². The summed E-state index contributed by atoms with van der Waals surface area (Å²) in [5.41, 5.74) is -4.94. The van der Waals surface area contributed by atoms with Crippen molar-refractivity contribution in [1.82, 2.24) is 0 Å². The molecular weight excluding hydrogens is 662 g/mol. The van der Waals surface area contributed by atoms with Crippen molar-refractivity contribution in [2.45, 2.75) is 25.2 Å². The zero-order chi connectivity index (χ0) is 28.2. The van der Waals surface area contributed by atoms with Gasteiger partial charge in [0.05, 0.1) is 10.0 Å². The molecule has 2 aromatic carbocycles. The van der Waals surface area contributed by atoms with Gasteiger partial charge < -0.3 is 20.2 Å². The van der Waals surface area contributed by atoms with Crippen LogP contribution >= 0.6 is 46.4 Å². The fourth-order valence-electron chi connectivity index (χ4n) is 2.43. The van der Waals surface area contributed by atoms with E-state index in [-0.39, 0.29) is 43.2 Å². The molecule has 1 aliphatic heterocycles. The van der Waals surface area contributed by atoms with Crippen molar-refractivity contribution in [2.24, 2.45) is 10.3 Å². The Hall–Kier alpha value is -1.73. The summed E-state index contributed by atoms with van der Waals surface area (Å²) in [6.07, 6.45) is -8.28. The van der Waals surface area contributed by atoms with Crippen molar-refractivity contribution in [3.8, 4) is 0 Å². The summed E-state index contributed by atoms with van der Waals surface area (Å²) in [4.78, 5) is 11.2. The average molecular weight is 677 g/mol. The Bertz CT molecular complexity index is 1070. The maximum atomic E-state index is 13.4. The second kappa shape index (κ2) is 17.1. The smallest absolute Gasteiger partial charge is 0.652 e. The molecule has 0 aliphatic carbocycles. The van der Waals surface area contributed by atoms with E-state index in [4.69, 9.17) is 61.3 Å². The largest absolute Gasteiger partial charge is 2.00 e. The number of alkyl halides is 6. The number of rotatable bonds is 4. The molecule has 1 fully saturated rings. The van der Waals surface area contributed by atoms with E-state index in [1.165, 1.54) is 49.2 Å². The van der Waals surface area contributed by atoms with E-state index in [0.717, 1.165) is 18.6 Å². The van der Waals surface area contributed by atoms with Gasteiger partial charge in [-0.2, -0.15) is 26.3 Å². The van der Waals surface area contributed by atoms with Crippen LogP contribution in [0.2, 0.25) is 20.1 Å². The van der Waals surface area contributed by atoms with Crippen molar-refractivity contribution in [1.29, 1.82) is 0 Å². The molecule has 6 nitrogen and oxygen atoms in total. The van der Waals surface area contributed by atoms with Crippen molar-refractivity contribution >= 4 is 63.5 Å². The van der Waals surface area contributed by atoms with E-state index in [0.29, 0.717) is 0 Å². The quantitative estimate of drug-likeness (QED) is 0.106. The van der Waals surface area contributed by atoms with Crippen LogP contribution in [0.1, 0.15) is 12.8 Å². The number of hydrogen-bond acceptors (Lipinski definition) is 5. The second-order valence-electron chi connectivity index (χ2n) is 6.67. The molecule has 17 heteroatoms. The van der Waals surface area contributed by atoms with Crippen LogP contribution in [0.3, 0.4) is 0 Å². The van der Waals surface area contributed by atoms with Gasteiger partial charge in [-0.3, -0.25) is 0 Å². The molecule has 0 bridgehead atoms. The van der Waals surface area contributed by atoms with Crippen molar-refractivity contribution in [3.05, 3.63) is 83.7 Å². The number of halogens is 10. The van der Waals surface area contributed by atoms with Crippen LogP contribution in [-0.4, -0.2) is 31.3 Å². The topological polar surface area (TPSA) is 88.2 Å². The number of ether oxygens (including phenoxy) is 1. The predicted molar refractivity (Wildman–Crippen MR) is 132 cm³/mol. The number of allylic oxidation sites excluding steroid dienone is 2. The minimum absolute atomic E-state index is 0. The number of benzene rings is 2. The molecule has 1 aliphatic rings. The number of aliphatic imine (C=N–C) groups is 1. The first-order valence-corrected chi connectivity index (χ1v) is 11.3. The fourth-order valence-corrected chi connectivity index (χ4v) is 3.39. The molecule has 0 N–H and O–H groups in total. The summed E-state index contributed by atoms with van der Waals surface area (Å²) in [6, 6.07) is 7.40. The third-order valence-corrected chi connectivity index (χ3v) is 5.24. The molecule has 213 valence electrons. The van der Waals surface area contributed by atoms with Crippen LogP contribution < -0.4 is 0 Å². The van der Waals surface area contributed by atoms with Gasteiger partial charge in [0.1, 0.15) is 11.4 Å². The van der Waals surface area contributed by atoms with Gasteiger partial charge in [0.15, 0.2) is 0 Å². The normalized spacial score (nSPS) is 13.8. The molecule has 1 heterocycles. The van der Waals surface area contributed by atoms with E-state index < -0.39 is 35.1 Å². The summed E-state index contributed by atoms with van der Waals surface area (Å²) < 4.78 is 85.3. The van der Waals surface area contributed by atoms with Crippen LogP contribution in [0, 0.1) is 10.1 Å². The Morgan fingerprint density at radius 3 is 1.63 bits per heavy atom. The number of hydrogen-bond donors (Lipinski definition) is 0. The average Bonchev–Trinajstić information content (AvgIpc) is 3.36. The maximum absolute atomic E-state index is 13.4. The Morgan fingerprint density at radius 1 is 0.868 bits per heavy atom. The first kappa shape index (κ1) is 36.3. The molecule has 0 aromatic heterocycles. The Labute approximate surface area is 243 Å². The molecule has 0 saturated carbocycles. The van der Waals surface area contributed by atoms with Crippen molar-refractivity contribution in [3.63, 3.8) is 0 Å². The van der Waals surface area contributed by atoms with Gasteiger partial charge in [-0.25, -0.2) is 4.99 Å². The zero-order valence-corrected chi connectivity index (χ0v) is 22.5. The van der Waals surface area contributed by atoms with Gasteiger partial charge in [0.25, 0.3) is 0 Å². The van der Waals surface area contributed by atoms with Gasteiger partial charge >= 0.3 is 29.4 Å². The van der Waals surface area contributed by atoms with Crippen LogP contribution in [0.15, 0.2) is 58.5 Å². The molecule has 0 unspecified atom stereocenters. The van der Waals surface area contributed by atoms with E-state index in [1.54, 1.807) is 0 Å². The van der Waals surface area contributed by atoms with Gasteiger partial charge in [-0.1, -0.05) is 69.9 Å². The summed E-state index contributed by atoms with van der Waals surface area (Å²) in [5.74, 6) is 0. The molecule has 1 saturated heterocycles. The van der Waals surface area contributed by atoms with Crippen molar-refractivity contribution < 1.29 is 48.1 Å². The molecule has 3 rings (SSSR count). The summed E-state index contributed by atoms with van der Waals surface area (Å²) in [5, 5.41) is 11.1. The van der Waals surface area contributed by atoms with Crippen LogP contribution in [0.5, 0.6) is 0 Å². The minimum Gasteiger partial charge on any atom is -0.652 e. The second-order valence-corrected chi connectivity index (χ2v) is 8.30. The van der Waals surface area contributed by atoms with Crippen molar-refractivity contribution in [2.75, 3.05) is 13.2 Å². The zero-order valence-electron chi connectivity index (χ0n) is 18.5. The molecule has 0 atom stereocenters. The third kappa shape index (κ3) is 12.4. The SMILES string of the molecule is C1CCOC1.FC(F)(F)C(/C=C(\[N-]c1c(Cl)cccc1Cl)C(F)(F)F)=Nc1c(Cl)cccc1Cl.O=N[O-].[Cu+2]. The fraction of sp³-hybridized carbons (Fsp3) is 0.286. The van der Waals surface area contributed by atoms with E-state index in [9.17, 15) is 26.3 Å². The number of nitrogens with zero attached hydrogens (tertiary/aromatic N) is 3. The van der Waals surface area contributed by atoms with Crippen LogP contribution in [0.25, 0.3) is 5.32 Å². The molecular formula is C21H15Cl4CuF6N3O3. The molecule has 2 aromatic rings. The van der Waals surface area contributed by atoms with Gasteiger partial charge in [0, 0.05) is 23.3 Å². The molecule has 0 spiro atoms. The Balaban J connectivity index is 0.00000131. The standard InChI is InChI=1S/C17H7Cl4F6N2.C4H8O.Cu.HNO2/c18-8-3-1-4-9(19)14(8)28-12(16(22,23)24)7-13(17(25,26)27)29-15-10(20)5-2-6-11(15)21;1-2-4-5-3-1;;2-1-3/h1-7H;1-4H2;;(H,2,3)/q-1;;+2;/p-1/b12-7-,29-13?;;;. The summed E-state index contributed by atoms with van der Waals surface area (Å²) >= 11 is 23.0. The predicted octanol–water partition coefficient (Wildman–Crippen LogP) is 10.1. The van der Waals surface area contributed by atoms with E-state index in [2.05, 4.69) is 10.3 Å². The van der Waals surface area contributed by atoms with Gasteiger partial charge in [-0.05, 0) is 43.2 Å². The summed E-state index contributed by atoms with van der Waals surface area (Å²) in [6.45, 7) is 2.00. The first-order chi connectivity index (χ1) is 17.2. The Morgan fingerprint density at radius 2 is 1.29 bits per heavy atom. The minimum atomic E-state index is -5.28. The summed E-state index contributed by atoms with van der Waals surface area (Å²) in [7, 11) is 0. The Kier molecular flexibility index (Phi) is 16.3. The third-order valence-electron chi connectivity index (χ3n) is 4.02. The van der Waals surface area contributed by atoms with E-state index >= 15 is 0 Å². The molecule has 1 radical (unpaired) electrons. The van der Waals surface area contributed by atoms with E-state index in [1.807, 2.05) is 0 Å². The monoisotopic (exact) mass is 674 g/mol. The molecule has 0 amide bonds. The van der Waals surface area contributed by atoms with Crippen LogP contribution in [0.4, 0.5) is 37.7 Å². The maximum Gasteiger partial charge on any atom is 2.00 e. The first-order valence-electron chi connectivity index (χ1n) is 9.79. The van der Waals surface area contributed by atoms with Crippen LogP contribution in [-0.2, 0) is 21.8 Å².